The standard InChI is InChI=1S/C16H17N5O2/c1-11(2)14-8-13(23-19-14)9-17-16(22)15-10-18-20-21(15)12-6-4-3-5-7-12/h3-8,10-11H,9H2,1-2H3,(H,17,22). The second kappa shape index (κ2) is 6.43. The first-order chi connectivity index (χ1) is 11.1. The number of benzene rings is 1. The molecule has 7 nitrogen and oxygen atoms in total. The summed E-state index contributed by atoms with van der Waals surface area (Å²) in [4.78, 5) is 12.3. The Morgan fingerprint density at radius 1 is 1.30 bits per heavy atom. The molecule has 3 rings (SSSR count). The Hall–Kier alpha value is -2.96. The fraction of sp³-hybridized carbons (Fsp3) is 0.250. The van der Waals surface area contributed by atoms with Gasteiger partial charge >= 0.3 is 0 Å². The molecule has 0 bridgehead atoms. The lowest BCUT2D eigenvalue weighted by Crippen LogP contribution is -2.25. The third-order valence-electron chi connectivity index (χ3n) is 3.37. The Balaban J connectivity index is 1.71. The monoisotopic (exact) mass is 311 g/mol. The van der Waals surface area contributed by atoms with Gasteiger partial charge < -0.3 is 9.84 Å². The van der Waals surface area contributed by atoms with Crippen LogP contribution in [0, 0.1) is 0 Å². The summed E-state index contributed by atoms with van der Waals surface area (Å²) in [6.45, 7) is 4.33. The van der Waals surface area contributed by atoms with Gasteiger partial charge in [-0.05, 0) is 18.1 Å². The van der Waals surface area contributed by atoms with Gasteiger partial charge in [-0.2, -0.15) is 0 Å². The van der Waals surface area contributed by atoms with E-state index in [0.29, 0.717) is 11.5 Å². The van der Waals surface area contributed by atoms with E-state index in [9.17, 15) is 4.79 Å². The van der Waals surface area contributed by atoms with Crippen molar-refractivity contribution >= 4 is 5.91 Å². The van der Waals surface area contributed by atoms with Crippen LogP contribution in [0.4, 0.5) is 0 Å². The minimum Gasteiger partial charge on any atom is -0.359 e. The van der Waals surface area contributed by atoms with Crippen molar-refractivity contribution < 1.29 is 9.32 Å². The molecule has 1 aromatic carbocycles. The molecule has 3 aromatic rings. The second-order valence-electron chi connectivity index (χ2n) is 5.42. The summed E-state index contributed by atoms with van der Waals surface area (Å²) in [6.07, 6.45) is 1.43. The Labute approximate surface area is 133 Å². The van der Waals surface area contributed by atoms with Crippen molar-refractivity contribution in [3.8, 4) is 5.69 Å². The van der Waals surface area contributed by atoms with Gasteiger partial charge in [0.25, 0.3) is 5.91 Å². The summed E-state index contributed by atoms with van der Waals surface area (Å²) in [7, 11) is 0. The highest BCUT2D eigenvalue weighted by Crippen LogP contribution is 2.14. The molecular formula is C16H17N5O2. The van der Waals surface area contributed by atoms with Gasteiger partial charge in [0, 0.05) is 6.07 Å². The van der Waals surface area contributed by atoms with Crippen molar-refractivity contribution in [2.24, 2.45) is 0 Å². The molecule has 0 atom stereocenters. The lowest BCUT2D eigenvalue weighted by molar-refractivity contribution is 0.0939. The first kappa shape index (κ1) is 15.0. The van der Waals surface area contributed by atoms with E-state index in [1.54, 1.807) is 0 Å². The van der Waals surface area contributed by atoms with Gasteiger partial charge in [0.15, 0.2) is 11.5 Å². The number of hydrogen-bond acceptors (Lipinski definition) is 5. The number of hydrogen-bond donors (Lipinski definition) is 1. The van der Waals surface area contributed by atoms with Crippen LogP contribution in [0.5, 0.6) is 0 Å². The molecule has 0 aliphatic carbocycles. The first-order valence-electron chi connectivity index (χ1n) is 7.35. The Bertz CT molecular complexity index is 792. The van der Waals surface area contributed by atoms with E-state index >= 15 is 0 Å². The predicted octanol–water partition coefficient (Wildman–Crippen LogP) is 2.31. The van der Waals surface area contributed by atoms with E-state index in [2.05, 4.69) is 20.8 Å². The summed E-state index contributed by atoms with van der Waals surface area (Å²) in [6, 6.07) is 11.2. The Morgan fingerprint density at radius 3 is 2.78 bits per heavy atom. The third kappa shape index (κ3) is 3.28. The topological polar surface area (TPSA) is 85.8 Å². The number of amides is 1. The molecule has 2 aromatic heterocycles. The van der Waals surface area contributed by atoms with E-state index < -0.39 is 0 Å². The average molecular weight is 311 g/mol. The summed E-state index contributed by atoms with van der Waals surface area (Å²) in [5.74, 6) is 0.619. The number of carbonyl (C=O) groups excluding carboxylic acids is 1. The van der Waals surface area contributed by atoms with E-state index in [4.69, 9.17) is 4.52 Å². The maximum Gasteiger partial charge on any atom is 0.272 e. The summed E-state index contributed by atoms with van der Waals surface area (Å²) >= 11 is 0. The number of rotatable bonds is 5. The lowest BCUT2D eigenvalue weighted by Gasteiger charge is -2.05. The molecule has 2 heterocycles. The molecular weight excluding hydrogens is 294 g/mol. The molecule has 0 saturated carbocycles. The molecule has 0 aliphatic heterocycles. The average Bonchev–Trinajstić information content (AvgIpc) is 3.23. The zero-order valence-electron chi connectivity index (χ0n) is 12.9. The molecule has 0 aliphatic rings. The minimum absolute atomic E-state index is 0.262. The van der Waals surface area contributed by atoms with Gasteiger partial charge in [-0.3, -0.25) is 4.79 Å². The number of carbonyl (C=O) groups is 1. The van der Waals surface area contributed by atoms with E-state index in [-0.39, 0.29) is 18.4 Å². The number of nitrogens with zero attached hydrogens (tertiary/aromatic N) is 4. The maximum absolute atomic E-state index is 12.3. The van der Waals surface area contributed by atoms with Crippen molar-refractivity contribution in [2.45, 2.75) is 26.3 Å². The maximum atomic E-state index is 12.3. The largest absolute Gasteiger partial charge is 0.359 e. The van der Waals surface area contributed by atoms with Crippen LogP contribution in [-0.4, -0.2) is 26.1 Å². The van der Waals surface area contributed by atoms with Crippen LogP contribution >= 0.6 is 0 Å². The van der Waals surface area contributed by atoms with Crippen molar-refractivity contribution in [1.29, 1.82) is 0 Å². The van der Waals surface area contributed by atoms with Crippen LogP contribution in [0.3, 0.4) is 0 Å². The van der Waals surface area contributed by atoms with Crippen LogP contribution in [0.25, 0.3) is 5.69 Å². The van der Waals surface area contributed by atoms with Crippen molar-refractivity contribution in [2.75, 3.05) is 0 Å². The van der Waals surface area contributed by atoms with Crippen LogP contribution < -0.4 is 5.32 Å². The molecule has 1 amide bonds. The quantitative estimate of drug-likeness (QED) is 0.781. The summed E-state index contributed by atoms with van der Waals surface area (Å²) in [5, 5.41) is 14.5. The van der Waals surface area contributed by atoms with Gasteiger partial charge in [0.2, 0.25) is 0 Å². The smallest absolute Gasteiger partial charge is 0.272 e. The SMILES string of the molecule is CC(C)c1cc(CNC(=O)c2cnnn2-c2ccccc2)on1. The van der Waals surface area contributed by atoms with Crippen LogP contribution in [0.2, 0.25) is 0 Å². The lowest BCUT2D eigenvalue weighted by atomic mass is 10.1. The third-order valence-corrected chi connectivity index (χ3v) is 3.37. The molecule has 0 unspecified atom stereocenters. The Kier molecular flexibility index (Phi) is 4.18. The van der Waals surface area contributed by atoms with Gasteiger partial charge in [-0.1, -0.05) is 42.4 Å². The second-order valence-corrected chi connectivity index (χ2v) is 5.42. The van der Waals surface area contributed by atoms with Crippen LogP contribution in [0.1, 0.15) is 41.7 Å². The highest BCUT2D eigenvalue weighted by molar-refractivity contribution is 5.92. The normalized spacial score (nSPS) is 10.9. The highest BCUT2D eigenvalue weighted by atomic mass is 16.5. The number of para-hydroxylation sites is 1. The van der Waals surface area contributed by atoms with Crippen molar-refractivity contribution in [3.63, 3.8) is 0 Å². The summed E-state index contributed by atoms with van der Waals surface area (Å²) in [5.41, 5.74) is 2.00. The van der Waals surface area contributed by atoms with E-state index in [1.807, 2.05) is 50.2 Å². The Morgan fingerprint density at radius 2 is 2.09 bits per heavy atom. The predicted molar refractivity (Wildman–Crippen MR) is 83.1 cm³/mol. The van der Waals surface area contributed by atoms with Crippen LogP contribution in [0.15, 0.2) is 47.1 Å². The van der Waals surface area contributed by atoms with Gasteiger partial charge in [-0.25, -0.2) is 4.68 Å². The molecule has 0 fully saturated rings. The molecule has 118 valence electrons. The minimum atomic E-state index is -0.277. The molecule has 7 heteroatoms. The molecule has 0 saturated heterocycles. The van der Waals surface area contributed by atoms with Crippen molar-refractivity contribution in [1.82, 2.24) is 25.5 Å². The van der Waals surface area contributed by atoms with Crippen molar-refractivity contribution in [3.05, 3.63) is 59.7 Å². The molecule has 1 N–H and O–H groups in total. The van der Waals surface area contributed by atoms with Gasteiger partial charge in [-0.15, -0.1) is 5.10 Å². The van der Waals surface area contributed by atoms with Gasteiger partial charge in [0.1, 0.15) is 0 Å². The first-order valence-corrected chi connectivity index (χ1v) is 7.35. The number of aromatic nitrogens is 4. The zero-order chi connectivity index (χ0) is 16.2. The fourth-order valence-electron chi connectivity index (χ4n) is 2.09. The zero-order valence-corrected chi connectivity index (χ0v) is 12.9. The highest BCUT2D eigenvalue weighted by Gasteiger charge is 2.15. The number of nitrogens with one attached hydrogen (secondary N) is 1. The fourth-order valence-corrected chi connectivity index (χ4v) is 2.09. The van der Waals surface area contributed by atoms with Crippen LogP contribution in [-0.2, 0) is 6.54 Å². The van der Waals surface area contributed by atoms with Gasteiger partial charge in [0.05, 0.1) is 24.1 Å². The van der Waals surface area contributed by atoms with E-state index in [0.717, 1.165) is 11.4 Å². The molecule has 0 radical (unpaired) electrons. The summed E-state index contributed by atoms with van der Waals surface area (Å²) < 4.78 is 6.70. The van der Waals surface area contributed by atoms with E-state index in [1.165, 1.54) is 10.9 Å². The molecule has 23 heavy (non-hydrogen) atoms. The molecule has 0 spiro atoms.